The molecule has 1 aliphatic rings. The summed E-state index contributed by atoms with van der Waals surface area (Å²) in [5.41, 5.74) is 7.16. The molecule has 14 heavy (non-hydrogen) atoms. The number of nitrogens with zero attached hydrogens (tertiary/aromatic N) is 1. The molecule has 1 aromatic heterocycles. The zero-order valence-corrected chi connectivity index (χ0v) is 8.70. The summed E-state index contributed by atoms with van der Waals surface area (Å²) in [4.78, 5) is 2.45. The molecule has 0 saturated carbocycles. The third-order valence-electron chi connectivity index (χ3n) is 2.99. The van der Waals surface area contributed by atoms with Crippen LogP contribution in [0.15, 0.2) is 16.7 Å². The van der Waals surface area contributed by atoms with Gasteiger partial charge in [0.2, 0.25) is 0 Å². The molecule has 0 amide bonds. The predicted molar refractivity (Wildman–Crippen MR) is 55.9 cm³/mol. The summed E-state index contributed by atoms with van der Waals surface area (Å²) >= 11 is 0. The van der Waals surface area contributed by atoms with Crippen LogP contribution in [-0.2, 0) is 6.54 Å². The van der Waals surface area contributed by atoms with Gasteiger partial charge in [0.1, 0.15) is 5.76 Å². The molecule has 0 unspecified atom stereocenters. The number of piperidine rings is 1. The average molecular weight is 194 g/mol. The van der Waals surface area contributed by atoms with E-state index in [0.717, 1.165) is 38.2 Å². The van der Waals surface area contributed by atoms with Crippen molar-refractivity contribution in [2.75, 3.05) is 13.1 Å². The maximum absolute atomic E-state index is 5.86. The number of furan rings is 1. The van der Waals surface area contributed by atoms with Crippen LogP contribution in [0.5, 0.6) is 0 Å². The number of likely N-dealkylation sites (tertiary alicyclic amines) is 1. The minimum atomic E-state index is 0.414. The van der Waals surface area contributed by atoms with Crippen LogP contribution in [0.25, 0.3) is 0 Å². The zero-order valence-electron chi connectivity index (χ0n) is 8.70. The fraction of sp³-hybridized carbons (Fsp3) is 0.636. The molecule has 2 rings (SSSR count). The summed E-state index contributed by atoms with van der Waals surface area (Å²) in [6.07, 6.45) is 4.01. The van der Waals surface area contributed by atoms with E-state index >= 15 is 0 Å². The van der Waals surface area contributed by atoms with E-state index in [1.807, 2.05) is 6.92 Å². The van der Waals surface area contributed by atoms with Gasteiger partial charge < -0.3 is 10.2 Å². The molecule has 1 saturated heterocycles. The lowest BCUT2D eigenvalue weighted by atomic mass is 10.1. The van der Waals surface area contributed by atoms with Gasteiger partial charge in [-0.1, -0.05) is 0 Å². The van der Waals surface area contributed by atoms with Gasteiger partial charge in [0.25, 0.3) is 0 Å². The van der Waals surface area contributed by atoms with Crippen molar-refractivity contribution in [3.63, 3.8) is 0 Å². The Kier molecular flexibility index (Phi) is 2.89. The number of hydrogen-bond donors (Lipinski definition) is 1. The van der Waals surface area contributed by atoms with E-state index in [2.05, 4.69) is 11.0 Å². The van der Waals surface area contributed by atoms with Crippen LogP contribution in [0, 0.1) is 6.92 Å². The van der Waals surface area contributed by atoms with Gasteiger partial charge >= 0.3 is 0 Å². The van der Waals surface area contributed by atoms with E-state index in [4.69, 9.17) is 10.2 Å². The van der Waals surface area contributed by atoms with Gasteiger partial charge in [-0.25, -0.2) is 0 Å². The zero-order chi connectivity index (χ0) is 9.97. The lowest BCUT2D eigenvalue weighted by Crippen LogP contribution is -2.39. The van der Waals surface area contributed by atoms with Crippen molar-refractivity contribution < 1.29 is 4.42 Å². The Morgan fingerprint density at radius 3 is 2.79 bits per heavy atom. The normalized spacial score (nSPS) is 20.1. The molecule has 1 aliphatic heterocycles. The van der Waals surface area contributed by atoms with Gasteiger partial charge in [-0.05, 0) is 38.9 Å². The molecule has 0 spiro atoms. The molecule has 2 heterocycles. The van der Waals surface area contributed by atoms with Crippen molar-refractivity contribution in [1.82, 2.24) is 4.90 Å². The third kappa shape index (κ3) is 2.16. The predicted octanol–water partition coefficient (Wildman–Crippen LogP) is 1.51. The van der Waals surface area contributed by atoms with E-state index in [0.29, 0.717) is 6.04 Å². The van der Waals surface area contributed by atoms with E-state index < -0.39 is 0 Å². The molecule has 3 heteroatoms. The highest BCUT2D eigenvalue weighted by molar-refractivity contribution is 5.15. The molecule has 0 atom stereocenters. The van der Waals surface area contributed by atoms with Crippen LogP contribution < -0.4 is 5.73 Å². The monoisotopic (exact) mass is 194 g/mol. The lowest BCUT2D eigenvalue weighted by molar-refractivity contribution is 0.204. The Hall–Kier alpha value is -0.800. The minimum absolute atomic E-state index is 0.414. The Bertz CT molecular complexity index is 287. The second kappa shape index (κ2) is 4.15. The smallest absolute Gasteiger partial charge is 0.105 e. The maximum Gasteiger partial charge on any atom is 0.105 e. The summed E-state index contributed by atoms with van der Waals surface area (Å²) in [5, 5.41) is 0. The van der Waals surface area contributed by atoms with Crippen molar-refractivity contribution in [3.05, 3.63) is 23.7 Å². The standard InChI is InChI=1S/C11H18N2O/c1-9-10(4-7-14-9)8-13-5-2-11(12)3-6-13/h4,7,11H,2-3,5-6,8,12H2,1H3. The quantitative estimate of drug-likeness (QED) is 0.776. The summed E-state index contributed by atoms with van der Waals surface area (Å²) in [5.74, 6) is 1.04. The fourth-order valence-corrected chi connectivity index (χ4v) is 1.93. The Morgan fingerprint density at radius 2 is 2.21 bits per heavy atom. The van der Waals surface area contributed by atoms with E-state index in [1.165, 1.54) is 5.56 Å². The van der Waals surface area contributed by atoms with Crippen LogP contribution in [0.1, 0.15) is 24.2 Å². The van der Waals surface area contributed by atoms with Crippen molar-refractivity contribution >= 4 is 0 Å². The van der Waals surface area contributed by atoms with Gasteiger partial charge in [-0.2, -0.15) is 0 Å². The summed E-state index contributed by atoms with van der Waals surface area (Å²) in [7, 11) is 0. The molecule has 2 N–H and O–H groups in total. The SMILES string of the molecule is Cc1occc1CN1CCC(N)CC1. The Morgan fingerprint density at radius 1 is 1.50 bits per heavy atom. The first kappa shape index (κ1) is 9.74. The van der Waals surface area contributed by atoms with Crippen molar-refractivity contribution in [2.45, 2.75) is 32.4 Å². The molecule has 1 aromatic rings. The molecule has 0 bridgehead atoms. The van der Waals surface area contributed by atoms with Gasteiger partial charge in [0.05, 0.1) is 6.26 Å². The van der Waals surface area contributed by atoms with E-state index in [9.17, 15) is 0 Å². The topological polar surface area (TPSA) is 42.4 Å². The van der Waals surface area contributed by atoms with Gasteiger partial charge in [-0.3, -0.25) is 4.90 Å². The summed E-state index contributed by atoms with van der Waals surface area (Å²) in [6, 6.07) is 2.47. The number of hydrogen-bond acceptors (Lipinski definition) is 3. The molecule has 0 aliphatic carbocycles. The van der Waals surface area contributed by atoms with Crippen LogP contribution in [0.3, 0.4) is 0 Å². The van der Waals surface area contributed by atoms with Crippen molar-refractivity contribution in [3.8, 4) is 0 Å². The molecule has 0 radical (unpaired) electrons. The molecule has 1 fully saturated rings. The van der Waals surface area contributed by atoms with Crippen LogP contribution in [-0.4, -0.2) is 24.0 Å². The summed E-state index contributed by atoms with van der Waals surface area (Å²) in [6.45, 7) is 5.26. The average Bonchev–Trinajstić information content (AvgIpc) is 2.56. The number of nitrogens with two attached hydrogens (primary N) is 1. The van der Waals surface area contributed by atoms with Crippen LogP contribution in [0.2, 0.25) is 0 Å². The Labute approximate surface area is 84.9 Å². The largest absolute Gasteiger partial charge is 0.469 e. The number of rotatable bonds is 2. The van der Waals surface area contributed by atoms with E-state index in [1.54, 1.807) is 6.26 Å². The molecular formula is C11H18N2O. The van der Waals surface area contributed by atoms with Gasteiger partial charge in [0, 0.05) is 18.2 Å². The Balaban J connectivity index is 1.89. The second-order valence-corrected chi connectivity index (χ2v) is 4.12. The highest BCUT2D eigenvalue weighted by atomic mass is 16.3. The molecule has 3 nitrogen and oxygen atoms in total. The maximum atomic E-state index is 5.86. The van der Waals surface area contributed by atoms with Crippen molar-refractivity contribution in [1.29, 1.82) is 0 Å². The first-order valence-electron chi connectivity index (χ1n) is 5.26. The van der Waals surface area contributed by atoms with Crippen LogP contribution in [0.4, 0.5) is 0 Å². The van der Waals surface area contributed by atoms with Gasteiger partial charge in [-0.15, -0.1) is 0 Å². The van der Waals surface area contributed by atoms with E-state index in [-0.39, 0.29) is 0 Å². The summed E-state index contributed by atoms with van der Waals surface area (Å²) < 4.78 is 5.28. The molecular weight excluding hydrogens is 176 g/mol. The number of aryl methyl sites for hydroxylation is 1. The van der Waals surface area contributed by atoms with Crippen LogP contribution >= 0.6 is 0 Å². The van der Waals surface area contributed by atoms with Crippen molar-refractivity contribution in [2.24, 2.45) is 5.73 Å². The molecule has 78 valence electrons. The second-order valence-electron chi connectivity index (χ2n) is 4.12. The third-order valence-corrected chi connectivity index (χ3v) is 2.99. The fourth-order valence-electron chi connectivity index (χ4n) is 1.93. The highest BCUT2D eigenvalue weighted by Crippen LogP contribution is 2.15. The van der Waals surface area contributed by atoms with Gasteiger partial charge in [0.15, 0.2) is 0 Å². The minimum Gasteiger partial charge on any atom is -0.469 e. The molecule has 0 aromatic carbocycles. The first-order chi connectivity index (χ1) is 6.75. The highest BCUT2D eigenvalue weighted by Gasteiger charge is 2.16. The lowest BCUT2D eigenvalue weighted by Gasteiger charge is -2.29. The first-order valence-corrected chi connectivity index (χ1v) is 5.26.